The van der Waals surface area contributed by atoms with Gasteiger partial charge in [-0.25, -0.2) is 4.79 Å². The maximum Gasteiger partial charge on any atom is 0.325 e. The molecule has 8 heteroatoms. The van der Waals surface area contributed by atoms with Crippen LogP contribution in [0.25, 0.3) is 0 Å². The molecule has 0 aliphatic rings. The zero-order chi connectivity index (χ0) is 28.9. The number of hydrogen-bond acceptors (Lipinski definition) is 4. The second kappa shape index (κ2) is 12.3. The van der Waals surface area contributed by atoms with Gasteiger partial charge in [0.05, 0.1) is 17.7 Å². The molecular formula is C30H46BNO4Si2. The van der Waals surface area contributed by atoms with Gasteiger partial charge in [0.2, 0.25) is 7.85 Å². The van der Waals surface area contributed by atoms with Gasteiger partial charge in [-0.05, 0) is 59.9 Å². The molecule has 0 heterocycles. The van der Waals surface area contributed by atoms with Gasteiger partial charge in [0.15, 0.2) is 14.1 Å². The minimum absolute atomic E-state index is 0.0456. The lowest BCUT2D eigenvalue weighted by atomic mass is 9.93. The highest BCUT2D eigenvalue weighted by atomic mass is 28.4. The van der Waals surface area contributed by atoms with Crippen molar-refractivity contribution in [2.45, 2.75) is 103 Å². The van der Waals surface area contributed by atoms with Crippen molar-refractivity contribution in [1.82, 2.24) is 5.32 Å². The Morgan fingerprint density at radius 2 is 1.34 bits per heavy atom. The second-order valence-electron chi connectivity index (χ2n) is 13.2. The summed E-state index contributed by atoms with van der Waals surface area (Å²) in [5.74, 6) is -0.902. The maximum atomic E-state index is 13.5. The molecule has 2 radical (unpaired) electrons. The molecule has 2 rings (SSSR count). The van der Waals surface area contributed by atoms with Gasteiger partial charge in [0.25, 0.3) is 8.32 Å². The summed E-state index contributed by atoms with van der Waals surface area (Å²) in [6.07, 6.45) is 0.595. The Balaban J connectivity index is 2.51. The monoisotopic (exact) mass is 551 g/mol. The van der Waals surface area contributed by atoms with Crippen LogP contribution in [-0.2, 0) is 21.7 Å². The lowest BCUT2D eigenvalue weighted by Gasteiger charge is -2.42. The molecular weight excluding hydrogens is 505 g/mol. The predicted octanol–water partition coefficient (Wildman–Crippen LogP) is 7.27. The van der Waals surface area contributed by atoms with E-state index in [9.17, 15) is 9.59 Å². The quantitative estimate of drug-likeness (QED) is 0.316. The number of hydrogen-bond donors (Lipinski definition) is 1. The molecule has 0 aromatic heterocycles. The highest BCUT2D eigenvalue weighted by Gasteiger charge is 2.42. The van der Waals surface area contributed by atoms with Gasteiger partial charge in [0.1, 0.15) is 0 Å². The number of carbonyl (C=O) groups excluding carboxylic acids is 2. The molecule has 0 saturated carbocycles. The average molecular weight is 552 g/mol. The SMILES string of the molecule is [B]C(=O)NC(Cc1ccccc1)[C@@H](Cc1ccccc1C(=O)O[Si](C)(C)C(C)(C)C)O[Si](C)(C)C(C)(C)C. The second-order valence-corrected chi connectivity index (χ2v) is 22.7. The maximum absolute atomic E-state index is 13.5. The summed E-state index contributed by atoms with van der Waals surface area (Å²) in [5, 5.41) is 2.81. The van der Waals surface area contributed by atoms with Crippen molar-refractivity contribution < 1.29 is 18.4 Å². The van der Waals surface area contributed by atoms with Gasteiger partial charge in [-0.2, -0.15) is 0 Å². The topological polar surface area (TPSA) is 64.6 Å². The first kappa shape index (κ1) is 32.1. The van der Waals surface area contributed by atoms with Crippen molar-refractivity contribution >= 4 is 36.3 Å². The largest absolute Gasteiger partial charge is 0.516 e. The van der Waals surface area contributed by atoms with Crippen molar-refractivity contribution in [2.24, 2.45) is 0 Å². The Labute approximate surface area is 233 Å². The van der Waals surface area contributed by atoms with Crippen LogP contribution in [0.2, 0.25) is 36.3 Å². The summed E-state index contributed by atoms with van der Waals surface area (Å²) in [6, 6.07) is 17.2. The predicted molar refractivity (Wildman–Crippen MR) is 163 cm³/mol. The van der Waals surface area contributed by atoms with Crippen molar-refractivity contribution in [1.29, 1.82) is 0 Å². The van der Waals surface area contributed by atoms with E-state index in [4.69, 9.17) is 16.7 Å². The minimum Gasteiger partial charge on any atom is -0.516 e. The summed E-state index contributed by atoms with van der Waals surface area (Å²) in [7, 11) is 1.07. The van der Waals surface area contributed by atoms with Gasteiger partial charge in [-0.15, -0.1) is 0 Å². The van der Waals surface area contributed by atoms with Gasteiger partial charge < -0.3 is 14.2 Å². The van der Waals surface area contributed by atoms with E-state index in [1.54, 1.807) is 0 Å². The lowest BCUT2D eigenvalue weighted by molar-refractivity contribution is 0.0709. The third-order valence-electron chi connectivity index (χ3n) is 8.14. The van der Waals surface area contributed by atoms with E-state index in [2.05, 4.69) is 73.0 Å². The first-order chi connectivity index (χ1) is 17.3. The van der Waals surface area contributed by atoms with Crippen LogP contribution in [0.5, 0.6) is 0 Å². The minimum atomic E-state index is -2.32. The van der Waals surface area contributed by atoms with Crippen LogP contribution in [0, 0.1) is 0 Å². The molecule has 2 aromatic rings. The molecule has 1 unspecified atom stereocenters. The summed E-state index contributed by atoms with van der Waals surface area (Å²) in [5.41, 5.74) is 2.45. The number of benzene rings is 2. The van der Waals surface area contributed by atoms with Gasteiger partial charge >= 0.3 is 5.97 Å². The molecule has 5 nitrogen and oxygen atoms in total. The average Bonchev–Trinajstić information content (AvgIpc) is 2.77. The molecule has 0 bridgehead atoms. The van der Waals surface area contributed by atoms with Crippen molar-refractivity contribution in [3.8, 4) is 0 Å². The van der Waals surface area contributed by atoms with Gasteiger partial charge in [-0.1, -0.05) is 90.1 Å². The molecule has 1 N–H and O–H groups in total. The fraction of sp³-hybridized carbons (Fsp3) is 0.533. The molecule has 2 atom stereocenters. The number of nitrogens with one attached hydrogen (secondary N) is 1. The normalized spacial score (nSPS) is 14.5. The molecule has 0 saturated heterocycles. The highest BCUT2D eigenvalue weighted by Crippen LogP contribution is 2.39. The van der Waals surface area contributed by atoms with Crippen LogP contribution >= 0.6 is 0 Å². The van der Waals surface area contributed by atoms with Crippen LogP contribution in [0.15, 0.2) is 54.6 Å². The van der Waals surface area contributed by atoms with E-state index in [0.29, 0.717) is 18.4 Å². The fourth-order valence-corrected chi connectivity index (χ4v) is 5.94. The molecule has 38 heavy (non-hydrogen) atoms. The lowest BCUT2D eigenvalue weighted by Crippen LogP contribution is -2.53. The molecule has 0 aliphatic carbocycles. The summed E-state index contributed by atoms with van der Waals surface area (Å²) >= 11 is 0. The van der Waals surface area contributed by atoms with E-state index >= 15 is 0 Å². The van der Waals surface area contributed by atoms with E-state index in [0.717, 1.165) is 11.1 Å². The van der Waals surface area contributed by atoms with Crippen molar-refractivity contribution in [3.63, 3.8) is 0 Å². The number of carbonyl (C=O) groups is 2. The fourth-order valence-electron chi connectivity index (χ4n) is 3.70. The van der Waals surface area contributed by atoms with Gasteiger partial charge in [0, 0.05) is 6.42 Å². The van der Waals surface area contributed by atoms with E-state index in [-0.39, 0.29) is 22.1 Å². The third kappa shape index (κ3) is 8.68. The van der Waals surface area contributed by atoms with Gasteiger partial charge in [-0.3, -0.25) is 4.79 Å². The van der Waals surface area contributed by atoms with E-state index < -0.39 is 28.5 Å². The number of amides is 1. The Morgan fingerprint density at radius 1 is 0.816 bits per heavy atom. The van der Waals surface area contributed by atoms with Crippen molar-refractivity contribution in [2.75, 3.05) is 0 Å². The Bertz CT molecular complexity index is 1090. The molecule has 1 amide bonds. The van der Waals surface area contributed by atoms with Crippen LogP contribution < -0.4 is 5.32 Å². The van der Waals surface area contributed by atoms with Crippen LogP contribution in [-0.4, -0.2) is 48.4 Å². The molecule has 0 aliphatic heterocycles. The third-order valence-corrected chi connectivity index (χ3v) is 17.0. The Kier molecular flexibility index (Phi) is 10.4. The summed E-state index contributed by atoms with van der Waals surface area (Å²) in [6.45, 7) is 21.5. The Hall–Kier alpha value is -2.16. The summed E-state index contributed by atoms with van der Waals surface area (Å²) < 4.78 is 13.1. The van der Waals surface area contributed by atoms with E-state index in [1.807, 2.05) is 54.6 Å². The Morgan fingerprint density at radius 3 is 1.87 bits per heavy atom. The van der Waals surface area contributed by atoms with E-state index in [1.165, 1.54) is 0 Å². The molecule has 2 aromatic carbocycles. The first-order valence-electron chi connectivity index (χ1n) is 13.4. The standard InChI is InChI=1S/C30H46BNO4Si2/c1-29(2,3)37(7,8)35-26(25(32-28(31)34)20-22-16-12-11-13-17-22)21-23-18-14-15-19-24(23)27(33)36-38(9,10)30(4,5)6/h11-19,25-26H,20-21H2,1-10H3,(H,32,34)/t25?,26-/m1/s1. The smallest absolute Gasteiger partial charge is 0.325 e. The zero-order valence-corrected chi connectivity index (χ0v) is 27.0. The molecule has 0 spiro atoms. The molecule has 206 valence electrons. The van der Waals surface area contributed by atoms with Crippen molar-refractivity contribution in [3.05, 3.63) is 71.3 Å². The summed E-state index contributed by atoms with van der Waals surface area (Å²) in [4.78, 5) is 25.6. The van der Waals surface area contributed by atoms with Crippen LogP contribution in [0.1, 0.15) is 63.0 Å². The highest BCUT2D eigenvalue weighted by molar-refractivity contribution is 6.75. The number of rotatable bonds is 10. The first-order valence-corrected chi connectivity index (χ1v) is 19.2. The molecule has 0 fully saturated rings. The zero-order valence-electron chi connectivity index (χ0n) is 25.0. The van der Waals surface area contributed by atoms with Crippen LogP contribution in [0.3, 0.4) is 0 Å². The van der Waals surface area contributed by atoms with Crippen LogP contribution in [0.4, 0.5) is 4.79 Å².